The molecule has 1 fully saturated rings. The van der Waals surface area contributed by atoms with Crippen LogP contribution in [0.5, 0.6) is 0 Å². The van der Waals surface area contributed by atoms with Gasteiger partial charge in [-0.25, -0.2) is 4.39 Å². The van der Waals surface area contributed by atoms with Crippen LogP contribution in [0.3, 0.4) is 0 Å². The van der Waals surface area contributed by atoms with E-state index < -0.39 is 6.10 Å². The van der Waals surface area contributed by atoms with E-state index in [1.807, 2.05) is 30.3 Å². The highest BCUT2D eigenvalue weighted by Gasteiger charge is 2.34. The number of benzene rings is 2. The SMILES string of the molecule is O=C1CS[C@H](c2ccc(F)cc2)N1C[C@H](O)c1ccccc1. The predicted molar refractivity (Wildman–Crippen MR) is 84.7 cm³/mol. The van der Waals surface area contributed by atoms with Crippen molar-refractivity contribution in [2.24, 2.45) is 0 Å². The number of carbonyl (C=O) groups is 1. The number of hydrogen-bond acceptors (Lipinski definition) is 3. The van der Waals surface area contributed by atoms with E-state index in [0.29, 0.717) is 5.75 Å². The molecule has 2 atom stereocenters. The molecule has 0 radical (unpaired) electrons. The lowest BCUT2D eigenvalue weighted by atomic mass is 10.1. The number of halogens is 1. The van der Waals surface area contributed by atoms with Crippen LogP contribution in [0.4, 0.5) is 4.39 Å². The molecule has 2 aromatic carbocycles. The maximum Gasteiger partial charge on any atom is 0.233 e. The quantitative estimate of drug-likeness (QED) is 0.942. The number of rotatable bonds is 4. The first-order valence-corrected chi connectivity index (χ1v) is 8.09. The molecule has 0 aromatic heterocycles. The zero-order valence-electron chi connectivity index (χ0n) is 11.9. The van der Waals surface area contributed by atoms with E-state index in [1.54, 1.807) is 17.0 Å². The lowest BCUT2D eigenvalue weighted by molar-refractivity contribution is -0.129. The summed E-state index contributed by atoms with van der Waals surface area (Å²) in [5.74, 6) is 0.0760. The lowest BCUT2D eigenvalue weighted by Gasteiger charge is -2.26. The van der Waals surface area contributed by atoms with Gasteiger partial charge >= 0.3 is 0 Å². The van der Waals surface area contributed by atoms with Crippen molar-refractivity contribution in [2.75, 3.05) is 12.3 Å². The van der Waals surface area contributed by atoms with Gasteiger partial charge < -0.3 is 10.0 Å². The van der Waals surface area contributed by atoms with Crippen LogP contribution in [0.2, 0.25) is 0 Å². The first kappa shape index (κ1) is 15.1. The number of aliphatic hydroxyl groups is 1. The zero-order chi connectivity index (χ0) is 15.5. The van der Waals surface area contributed by atoms with Gasteiger partial charge in [0.05, 0.1) is 18.4 Å². The normalized spacial score (nSPS) is 19.5. The van der Waals surface area contributed by atoms with Crippen LogP contribution in [0.1, 0.15) is 22.6 Å². The second-order valence-electron chi connectivity index (χ2n) is 5.19. The van der Waals surface area contributed by atoms with Gasteiger partial charge in [0.1, 0.15) is 11.2 Å². The molecule has 114 valence electrons. The summed E-state index contributed by atoms with van der Waals surface area (Å²) in [5.41, 5.74) is 1.66. The van der Waals surface area contributed by atoms with Gasteiger partial charge in [-0.3, -0.25) is 4.79 Å². The zero-order valence-corrected chi connectivity index (χ0v) is 12.7. The standard InChI is InChI=1S/C17H16FNO2S/c18-14-8-6-13(7-9-14)17-19(16(21)11-22-17)10-15(20)12-4-2-1-3-5-12/h1-9,15,17,20H,10-11H2/t15-,17+/m0/s1. The molecule has 1 heterocycles. The lowest BCUT2D eigenvalue weighted by Crippen LogP contribution is -2.32. The van der Waals surface area contributed by atoms with Crippen LogP contribution in [0, 0.1) is 5.82 Å². The summed E-state index contributed by atoms with van der Waals surface area (Å²) in [5, 5.41) is 10.2. The fraction of sp³-hybridized carbons (Fsp3) is 0.235. The Morgan fingerprint density at radius 1 is 1.18 bits per heavy atom. The fourth-order valence-electron chi connectivity index (χ4n) is 2.52. The second-order valence-corrected chi connectivity index (χ2v) is 6.26. The van der Waals surface area contributed by atoms with Gasteiger partial charge in [-0.05, 0) is 23.3 Å². The van der Waals surface area contributed by atoms with Crippen molar-refractivity contribution in [2.45, 2.75) is 11.5 Å². The number of amides is 1. The number of thioether (sulfide) groups is 1. The molecule has 1 amide bonds. The first-order valence-electron chi connectivity index (χ1n) is 7.04. The molecule has 1 N–H and O–H groups in total. The van der Waals surface area contributed by atoms with Crippen LogP contribution in [0.25, 0.3) is 0 Å². The summed E-state index contributed by atoms with van der Waals surface area (Å²) in [6, 6.07) is 15.4. The molecule has 0 aliphatic carbocycles. The molecule has 1 aliphatic rings. The molecule has 1 saturated heterocycles. The average molecular weight is 317 g/mol. The summed E-state index contributed by atoms with van der Waals surface area (Å²) in [6.07, 6.45) is -0.730. The monoisotopic (exact) mass is 317 g/mol. The molecule has 0 bridgehead atoms. The fourth-order valence-corrected chi connectivity index (χ4v) is 3.72. The minimum Gasteiger partial charge on any atom is -0.387 e. The van der Waals surface area contributed by atoms with Gasteiger partial charge in [-0.2, -0.15) is 0 Å². The highest BCUT2D eigenvalue weighted by atomic mass is 32.2. The van der Waals surface area contributed by atoms with Crippen LogP contribution in [0.15, 0.2) is 54.6 Å². The molecular weight excluding hydrogens is 301 g/mol. The molecule has 3 nitrogen and oxygen atoms in total. The smallest absolute Gasteiger partial charge is 0.233 e. The molecular formula is C17H16FNO2S. The molecule has 22 heavy (non-hydrogen) atoms. The van der Waals surface area contributed by atoms with E-state index >= 15 is 0 Å². The molecule has 0 unspecified atom stereocenters. The number of aliphatic hydroxyl groups excluding tert-OH is 1. The highest BCUT2D eigenvalue weighted by Crippen LogP contribution is 2.39. The predicted octanol–water partition coefficient (Wildman–Crippen LogP) is 3.13. The molecule has 2 aromatic rings. The van der Waals surface area contributed by atoms with Gasteiger partial charge in [-0.1, -0.05) is 42.5 Å². The Bertz CT molecular complexity index is 647. The Hall–Kier alpha value is -1.85. The summed E-state index contributed by atoms with van der Waals surface area (Å²) >= 11 is 1.50. The maximum atomic E-state index is 13.1. The van der Waals surface area contributed by atoms with E-state index in [-0.39, 0.29) is 23.6 Å². The summed E-state index contributed by atoms with van der Waals surface area (Å²) in [6.45, 7) is 0.234. The van der Waals surface area contributed by atoms with Crippen LogP contribution >= 0.6 is 11.8 Å². The van der Waals surface area contributed by atoms with E-state index in [0.717, 1.165) is 11.1 Å². The Kier molecular flexibility index (Phi) is 4.45. The van der Waals surface area contributed by atoms with Crippen LogP contribution < -0.4 is 0 Å². The van der Waals surface area contributed by atoms with Gasteiger partial charge in [-0.15, -0.1) is 11.8 Å². The van der Waals surface area contributed by atoms with Crippen molar-refractivity contribution in [3.63, 3.8) is 0 Å². The van der Waals surface area contributed by atoms with Crippen LogP contribution in [-0.2, 0) is 4.79 Å². The molecule has 1 aliphatic heterocycles. The third kappa shape index (κ3) is 3.15. The molecule has 0 spiro atoms. The van der Waals surface area contributed by atoms with E-state index in [2.05, 4.69) is 0 Å². The average Bonchev–Trinajstić information content (AvgIpc) is 2.90. The number of β-amino-alcohol motifs (C(OH)–C–C–N with tert-alkyl or cyclic N) is 1. The molecule has 3 rings (SSSR count). The third-order valence-electron chi connectivity index (χ3n) is 3.68. The Morgan fingerprint density at radius 2 is 1.86 bits per heavy atom. The second kappa shape index (κ2) is 6.50. The van der Waals surface area contributed by atoms with Gasteiger partial charge in [0, 0.05) is 0 Å². The third-order valence-corrected chi connectivity index (χ3v) is 4.93. The van der Waals surface area contributed by atoms with Crippen molar-refractivity contribution in [1.82, 2.24) is 4.90 Å². The van der Waals surface area contributed by atoms with Crippen LogP contribution in [-0.4, -0.2) is 28.2 Å². The molecule has 5 heteroatoms. The van der Waals surface area contributed by atoms with Crippen molar-refractivity contribution in [3.05, 3.63) is 71.5 Å². The Balaban J connectivity index is 1.78. The summed E-state index contributed by atoms with van der Waals surface area (Å²) < 4.78 is 13.1. The van der Waals surface area contributed by atoms with Crippen molar-refractivity contribution >= 4 is 17.7 Å². The Morgan fingerprint density at radius 3 is 2.55 bits per heavy atom. The van der Waals surface area contributed by atoms with Gasteiger partial charge in [0.15, 0.2) is 0 Å². The molecule has 0 saturated carbocycles. The van der Waals surface area contributed by atoms with Crippen molar-refractivity contribution < 1.29 is 14.3 Å². The van der Waals surface area contributed by atoms with Crippen molar-refractivity contribution in [3.8, 4) is 0 Å². The number of carbonyl (C=O) groups excluding carboxylic acids is 1. The van der Waals surface area contributed by atoms with E-state index in [1.165, 1.54) is 23.9 Å². The Labute approximate surface area is 132 Å². The minimum absolute atomic E-state index is 0.00527. The topological polar surface area (TPSA) is 40.5 Å². The highest BCUT2D eigenvalue weighted by molar-refractivity contribution is 8.00. The first-order chi connectivity index (χ1) is 10.6. The summed E-state index contributed by atoms with van der Waals surface area (Å²) in [7, 11) is 0. The van der Waals surface area contributed by atoms with E-state index in [4.69, 9.17) is 0 Å². The minimum atomic E-state index is -0.730. The number of nitrogens with zero attached hydrogens (tertiary/aromatic N) is 1. The maximum absolute atomic E-state index is 13.1. The number of hydrogen-bond donors (Lipinski definition) is 1. The van der Waals surface area contributed by atoms with E-state index in [9.17, 15) is 14.3 Å². The van der Waals surface area contributed by atoms with Crippen molar-refractivity contribution in [1.29, 1.82) is 0 Å². The largest absolute Gasteiger partial charge is 0.387 e. The van der Waals surface area contributed by atoms with Gasteiger partial charge in [0.2, 0.25) is 5.91 Å². The van der Waals surface area contributed by atoms with Gasteiger partial charge in [0.25, 0.3) is 0 Å². The summed E-state index contributed by atoms with van der Waals surface area (Å²) in [4.78, 5) is 13.8.